The number of oxime groups is 1. The summed E-state index contributed by atoms with van der Waals surface area (Å²) in [6.45, 7) is 0.629. The van der Waals surface area contributed by atoms with Crippen LogP contribution >= 0.6 is 11.6 Å². The van der Waals surface area contributed by atoms with Gasteiger partial charge < -0.3 is 15.8 Å². The summed E-state index contributed by atoms with van der Waals surface area (Å²) in [4.78, 5) is 13.9. The third-order valence-electron chi connectivity index (χ3n) is 3.33. The summed E-state index contributed by atoms with van der Waals surface area (Å²) in [5, 5.41) is 12.3. The Labute approximate surface area is 116 Å². The molecular weight excluding hydrogens is 266 g/mol. The molecule has 2 rings (SSSR count). The van der Waals surface area contributed by atoms with Crippen LogP contribution in [0.4, 0.5) is 0 Å². The Bertz CT molecular complexity index is 504. The van der Waals surface area contributed by atoms with E-state index in [9.17, 15) is 4.79 Å². The van der Waals surface area contributed by atoms with Crippen LogP contribution in [0.25, 0.3) is 0 Å². The minimum atomic E-state index is -0.306. The molecular formula is C13H16ClN3O2. The van der Waals surface area contributed by atoms with Crippen molar-refractivity contribution in [3.8, 4) is 0 Å². The van der Waals surface area contributed by atoms with Gasteiger partial charge in [-0.15, -0.1) is 0 Å². The van der Waals surface area contributed by atoms with Gasteiger partial charge in [-0.05, 0) is 24.5 Å². The number of amidine groups is 1. The van der Waals surface area contributed by atoms with Crippen LogP contribution in [0.3, 0.4) is 0 Å². The molecule has 1 saturated heterocycles. The maximum absolute atomic E-state index is 12.3. The van der Waals surface area contributed by atoms with E-state index in [0.29, 0.717) is 11.6 Å². The normalized spacial score (nSPS) is 19.7. The van der Waals surface area contributed by atoms with E-state index < -0.39 is 0 Å². The molecule has 1 amide bonds. The third kappa shape index (κ3) is 2.98. The molecule has 3 N–H and O–H groups in total. The molecule has 1 aliphatic heterocycles. The third-order valence-corrected chi connectivity index (χ3v) is 3.70. The standard InChI is InChI=1S/C13H16ClN3O2/c14-10-5-2-1-4-9(10)8-12(18)17-7-3-6-11(17)13(15)16-19/h1-2,4-5,11,19H,3,6-8H2,(H2,15,16). The Morgan fingerprint density at radius 1 is 1.53 bits per heavy atom. The number of carbonyl (C=O) groups is 1. The summed E-state index contributed by atoms with van der Waals surface area (Å²) < 4.78 is 0. The highest BCUT2D eigenvalue weighted by Crippen LogP contribution is 2.21. The number of amides is 1. The number of hydrogen-bond acceptors (Lipinski definition) is 3. The zero-order chi connectivity index (χ0) is 13.8. The van der Waals surface area contributed by atoms with Crippen LogP contribution in [-0.2, 0) is 11.2 Å². The first kappa shape index (κ1) is 13.7. The number of halogens is 1. The van der Waals surface area contributed by atoms with E-state index >= 15 is 0 Å². The first-order chi connectivity index (χ1) is 9.13. The number of carbonyl (C=O) groups excluding carboxylic acids is 1. The van der Waals surface area contributed by atoms with Crippen LogP contribution in [0.2, 0.25) is 5.02 Å². The van der Waals surface area contributed by atoms with Gasteiger partial charge in [-0.1, -0.05) is 35.0 Å². The fourth-order valence-electron chi connectivity index (χ4n) is 2.35. The molecule has 1 fully saturated rings. The lowest BCUT2D eigenvalue weighted by Gasteiger charge is -2.23. The molecule has 0 saturated carbocycles. The van der Waals surface area contributed by atoms with Crippen molar-refractivity contribution >= 4 is 23.3 Å². The van der Waals surface area contributed by atoms with Crippen molar-refractivity contribution in [1.29, 1.82) is 0 Å². The van der Waals surface area contributed by atoms with Gasteiger partial charge in [0, 0.05) is 11.6 Å². The van der Waals surface area contributed by atoms with Crippen LogP contribution < -0.4 is 5.73 Å². The maximum atomic E-state index is 12.3. The fraction of sp³-hybridized carbons (Fsp3) is 0.385. The molecule has 19 heavy (non-hydrogen) atoms. The first-order valence-electron chi connectivity index (χ1n) is 6.13. The summed E-state index contributed by atoms with van der Waals surface area (Å²) in [5.74, 6) is 0.0345. The lowest BCUT2D eigenvalue weighted by atomic mass is 10.1. The van der Waals surface area contributed by atoms with Gasteiger partial charge in [0.1, 0.15) is 0 Å². The fourth-order valence-corrected chi connectivity index (χ4v) is 2.55. The van der Waals surface area contributed by atoms with E-state index in [1.807, 2.05) is 18.2 Å². The number of nitrogens with zero attached hydrogens (tertiary/aromatic N) is 2. The molecule has 102 valence electrons. The summed E-state index contributed by atoms with van der Waals surface area (Å²) >= 11 is 6.04. The summed E-state index contributed by atoms with van der Waals surface area (Å²) in [6, 6.07) is 6.95. The van der Waals surface area contributed by atoms with E-state index in [0.717, 1.165) is 18.4 Å². The molecule has 5 nitrogen and oxygen atoms in total. The van der Waals surface area contributed by atoms with E-state index in [-0.39, 0.29) is 24.2 Å². The average Bonchev–Trinajstić information content (AvgIpc) is 2.90. The summed E-state index contributed by atoms with van der Waals surface area (Å²) in [7, 11) is 0. The second-order valence-electron chi connectivity index (χ2n) is 4.54. The Balaban J connectivity index is 2.10. The summed E-state index contributed by atoms with van der Waals surface area (Å²) in [5.41, 5.74) is 6.40. The highest BCUT2D eigenvalue weighted by atomic mass is 35.5. The number of hydrogen-bond donors (Lipinski definition) is 2. The first-order valence-corrected chi connectivity index (χ1v) is 6.51. The van der Waals surface area contributed by atoms with Crippen molar-refractivity contribution < 1.29 is 10.0 Å². The molecule has 1 heterocycles. The molecule has 1 atom stereocenters. The predicted octanol–water partition coefficient (Wildman–Crippen LogP) is 1.62. The van der Waals surface area contributed by atoms with Crippen molar-refractivity contribution in [2.75, 3.05) is 6.54 Å². The van der Waals surface area contributed by atoms with Crippen molar-refractivity contribution in [2.24, 2.45) is 10.9 Å². The SMILES string of the molecule is NC(=NO)C1CCCN1C(=O)Cc1ccccc1Cl. The van der Waals surface area contributed by atoms with Crippen LogP contribution in [0.15, 0.2) is 29.4 Å². The van der Waals surface area contributed by atoms with Gasteiger partial charge in [-0.25, -0.2) is 0 Å². The molecule has 0 radical (unpaired) electrons. The van der Waals surface area contributed by atoms with E-state index in [4.69, 9.17) is 22.5 Å². The quantitative estimate of drug-likeness (QED) is 0.382. The van der Waals surface area contributed by atoms with Gasteiger partial charge in [-0.3, -0.25) is 4.79 Å². The van der Waals surface area contributed by atoms with Gasteiger partial charge in [0.15, 0.2) is 5.84 Å². The molecule has 1 aliphatic rings. The molecule has 0 bridgehead atoms. The molecule has 1 aromatic carbocycles. The smallest absolute Gasteiger partial charge is 0.227 e. The lowest BCUT2D eigenvalue weighted by molar-refractivity contribution is -0.130. The lowest BCUT2D eigenvalue weighted by Crippen LogP contribution is -2.44. The van der Waals surface area contributed by atoms with Crippen LogP contribution in [0.5, 0.6) is 0 Å². The Hall–Kier alpha value is -1.75. The largest absolute Gasteiger partial charge is 0.409 e. The molecule has 6 heteroatoms. The zero-order valence-corrected chi connectivity index (χ0v) is 11.2. The Kier molecular flexibility index (Phi) is 4.27. The second-order valence-corrected chi connectivity index (χ2v) is 4.95. The number of likely N-dealkylation sites (tertiary alicyclic amines) is 1. The molecule has 0 aliphatic carbocycles. The van der Waals surface area contributed by atoms with E-state index in [1.54, 1.807) is 11.0 Å². The highest BCUT2D eigenvalue weighted by Gasteiger charge is 2.31. The number of nitrogens with two attached hydrogens (primary N) is 1. The van der Waals surface area contributed by atoms with Gasteiger partial charge in [-0.2, -0.15) is 0 Å². The Morgan fingerprint density at radius 3 is 2.95 bits per heavy atom. The van der Waals surface area contributed by atoms with Crippen LogP contribution in [-0.4, -0.2) is 34.4 Å². The number of rotatable bonds is 3. The zero-order valence-electron chi connectivity index (χ0n) is 10.4. The van der Waals surface area contributed by atoms with Gasteiger partial charge in [0.25, 0.3) is 0 Å². The van der Waals surface area contributed by atoms with Gasteiger partial charge in [0.05, 0.1) is 12.5 Å². The molecule has 1 aromatic rings. The predicted molar refractivity (Wildman–Crippen MR) is 73.3 cm³/mol. The van der Waals surface area contributed by atoms with Crippen molar-refractivity contribution in [3.63, 3.8) is 0 Å². The van der Waals surface area contributed by atoms with Crippen molar-refractivity contribution in [3.05, 3.63) is 34.9 Å². The van der Waals surface area contributed by atoms with Gasteiger partial charge in [0.2, 0.25) is 5.91 Å². The van der Waals surface area contributed by atoms with Crippen LogP contribution in [0, 0.1) is 0 Å². The Morgan fingerprint density at radius 2 is 2.26 bits per heavy atom. The van der Waals surface area contributed by atoms with E-state index in [2.05, 4.69) is 5.16 Å². The van der Waals surface area contributed by atoms with Crippen molar-refractivity contribution in [1.82, 2.24) is 4.90 Å². The minimum Gasteiger partial charge on any atom is -0.409 e. The molecule has 0 aromatic heterocycles. The average molecular weight is 282 g/mol. The van der Waals surface area contributed by atoms with Gasteiger partial charge >= 0.3 is 0 Å². The molecule has 0 spiro atoms. The summed E-state index contributed by atoms with van der Waals surface area (Å²) in [6.07, 6.45) is 1.81. The van der Waals surface area contributed by atoms with Crippen molar-refractivity contribution in [2.45, 2.75) is 25.3 Å². The number of benzene rings is 1. The minimum absolute atomic E-state index is 0.0535. The highest BCUT2D eigenvalue weighted by molar-refractivity contribution is 6.31. The molecule has 1 unspecified atom stereocenters. The monoisotopic (exact) mass is 281 g/mol. The van der Waals surface area contributed by atoms with E-state index in [1.165, 1.54) is 0 Å². The second kappa shape index (κ2) is 5.93. The topological polar surface area (TPSA) is 78.9 Å². The maximum Gasteiger partial charge on any atom is 0.227 e. The van der Waals surface area contributed by atoms with Crippen LogP contribution in [0.1, 0.15) is 18.4 Å².